The van der Waals surface area contributed by atoms with Gasteiger partial charge in [-0.2, -0.15) is 5.26 Å². The number of hydrogen-bond acceptors (Lipinski definition) is 6. The first-order valence-corrected chi connectivity index (χ1v) is 8.13. The van der Waals surface area contributed by atoms with E-state index in [0.29, 0.717) is 27.2 Å². The Balaban J connectivity index is 2.18. The Morgan fingerprint density at radius 1 is 1.43 bits per heavy atom. The molecule has 1 aromatic carbocycles. The molecule has 7 heteroatoms. The van der Waals surface area contributed by atoms with Gasteiger partial charge in [-0.1, -0.05) is 42.2 Å². The molecule has 1 heterocycles. The second kappa shape index (κ2) is 7.81. The van der Waals surface area contributed by atoms with Gasteiger partial charge in [-0.3, -0.25) is 0 Å². The molecule has 0 saturated carbocycles. The molecule has 0 bridgehead atoms. The van der Waals surface area contributed by atoms with Crippen molar-refractivity contribution < 1.29 is 9.53 Å². The van der Waals surface area contributed by atoms with Gasteiger partial charge >= 0.3 is 5.97 Å². The second-order valence-electron chi connectivity index (χ2n) is 4.54. The summed E-state index contributed by atoms with van der Waals surface area (Å²) in [5.41, 5.74) is 1.73. The Labute approximate surface area is 144 Å². The van der Waals surface area contributed by atoms with Crippen LogP contribution >= 0.6 is 24.0 Å². The van der Waals surface area contributed by atoms with Crippen molar-refractivity contribution >= 4 is 40.6 Å². The Morgan fingerprint density at radius 3 is 2.74 bits per heavy atom. The molecule has 0 unspecified atom stereocenters. The van der Waals surface area contributed by atoms with Crippen LogP contribution in [0, 0.1) is 11.3 Å². The summed E-state index contributed by atoms with van der Waals surface area (Å²) in [6.45, 7) is 3.81. The maximum Gasteiger partial charge on any atom is 0.346 e. The third-order valence-electron chi connectivity index (χ3n) is 2.90. The van der Waals surface area contributed by atoms with Crippen molar-refractivity contribution in [2.24, 2.45) is 0 Å². The number of benzene rings is 1. The van der Waals surface area contributed by atoms with Crippen molar-refractivity contribution in [2.45, 2.75) is 13.8 Å². The number of nitrogens with one attached hydrogen (secondary N) is 2. The monoisotopic (exact) mass is 345 g/mol. The number of nitriles is 1. The molecule has 5 nitrogen and oxygen atoms in total. The lowest BCUT2D eigenvalue weighted by molar-refractivity contribution is -0.137. The molecule has 0 aliphatic carbocycles. The zero-order valence-corrected chi connectivity index (χ0v) is 14.3. The minimum absolute atomic E-state index is 0.285. The minimum atomic E-state index is -0.406. The van der Waals surface area contributed by atoms with Crippen molar-refractivity contribution in [3.63, 3.8) is 0 Å². The molecule has 0 aromatic heterocycles. The average Bonchev–Trinajstić information content (AvgIpc) is 2.91. The molecule has 0 radical (unpaired) electrons. The summed E-state index contributed by atoms with van der Waals surface area (Å²) in [4.78, 5) is 12.6. The predicted molar refractivity (Wildman–Crippen MR) is 95.4 cm³/mol. The lowest BCUT2D eigenvalue weighted by Crippen LogP contribution is -2.16. The quantitative estimate of drug-likeness (QED) is 0.375. The molecular formula is C16H15N3O2S2. The van der Waals surface area contributed by atoms with E-state index in [1.54, 1.807) is 13.8 Å². The van der Waals surface area contributed by atoms with E-state index in [1.807, 2.05) is 30.3 Å². The van der Waals surface area contributed by atoms with Crippen molar-refractivity contribution in [1.29, 1.82) is 5.26 Å². The van der Waals surface area contributed by atoms with Gasteiger partial charge in [0.05, 0.1) is 11.6 Å². The highest BCUT2D eigenvalue weighted by atomic mass is 32.2. The number of hydrogen-bond donors (Lipinski definition) is 2. The van der Waals surface area contributed by atoms with Gasteiger partial charge in [0.15, 0.2) is 0 Å². The first kappa shape index (κ1) is 17.1. The predicted octanol–water partition coefficient (Wildman–Crippen LogP) is 3.29. The van der Waals surface area contributed by atoms with E-state index >= 15 is 0 Å². The van der Waals surface area contributed by atoms with Crippen molar-refractivity contribution in [3.8, 4) is 6.07 Å². The van der Waals surface area contributed by atoms with Gasteiger partial charge in [-0.05, 0) is 26.0 Å². The minimum Gasteiger partial charge on any atom is -0.462 e. The number of ether oxygens (including phenoxy) is 1. The van der Waals surface area contributed by atoms with E-state index < -0.39 is 5.97 Å². The Morgan fingerprint density at radius 2 is 2.13 bits per heavy atom. The lowest BCUT2D eigenvalue weighted by atomic mass is 10.2. The molecular weight excluding hydrogens is 330 g/mol. The third kappa shape index (κ3) is 4.12. The van der Waals surface area contributed by atoms with E-state index in [9.17, 15) is 10.1 Å². The van der Waals surface area contributed by atoms with Gasteiger partial charge in [0.1, 0.15) is 21.5 Å². The summed E-state index contributed by atoms with van der Waals surface area (Å²) in [6.07, 6.45) is 0. The van der Waals surface area contributed by atoms with Crippen LogP contribution < -0.4 is 10.6 Å². The summed E-state index contributed by atoms with van der Waals surface area (Å²) in [5, 5.41) is 16.0. The fraction of sp³-hybridized carbons (Fsp3) is 0.188. The third-order valence-corrected chi connectivity index (χ3v) is 4.40. The van der Waals surface area contributed by atoms with Gasteiger partial charge in [0, 0.05) is 11.4 Å². The highest BCUT2D eigenvalue weighted by molar-refractivity contribution is 8.07. The lowest BCUT2D eigenvalue weighted by Gasteiger charge is -2.09. The number of para-hydroxylation sites is 1. The van der Waals surface area contributed by atoms with E-state index in [-0.39, 0.29) is 5.57 Å². The molecule has 118 valence electrons. The van der Waals surface area contributed by atoms with Crippen LogP contribution in [-0.4, -0.2) is 17.6 Å². The standard InChI is InChI=1S/C16H15N3O2S2/c1-3-21-16(20)13-10(2)18-15(23-13)12(9-17)14(22)19-11-7-5-4-6-8-11/h4-8,18H,3H2,1-2H3,(H,19,22)/b15-12-. The van der Waals surface area contributed by atoms with Gasteiger partial charge in [-0.25, -0.2) is 4.79 Å². The largest absolute Gasteiger partial charge is 0.462 e. The Bertz CT molecular complexity index is 733. The number of allylic oxidation sites excluding steroid dienone is 1. The molecule has 1 aliphatic rings. The maximum absolute atomic E-state index is 11.9. The number of thiocarbonyl (C=S) groups is 1. The molecule has 23 heavy (non-hydrogen) atoms. The first-order valence-electron chi connectivity index (χ1n) is 6.90. The second-order valence-corrected chi connectivity index (χ2v) is 5.97. The molecule has 1 aromatic rings. The number of carbonyl (C=O) groups excluding carboxylic acids is 1. The average molecular weight is 345 g/mol. The fourth-order valence-electron chi connectivity index (χ4n) is 1.86. The molecule has 2 rings (SSSR count). The van der Waals surface area contributed by atoms with Crippen LogP contribution in [-0.2, 0) is 9.53 Å². The molecule has 1 aliphatic heterocycles. The van der Waals surface area contributed by atoms with Gasteiger partial charge in [-0.15, -0.1) is 0 Å². The van der Waals surface area contributed by atoms with Crippen molar-refractivity contribution in [2.75, 3.05) is 11.9 Å². The van der Waals surface area contributed by atoms with Crippen LogP contribution in [0.1, 0.15) is 13.8 Å². The highest BCUT2D eigenvalue weighted by Gasteiger charge is 2.27. The van der Waals surface area contributed by atoms with Crippen LogP contribution in [0.25, 0.3) is 0 Å². The molecule has 0 fully saturated rings. The summed E-state index contributed by atoms with van der Waals surface area (Å²) in [5.74, 6) is -0.406. The van der Waals surface area contributed by atoms with Crippen LogP contribution in [0.4, 0.5) is 5.69 Å². The molecule has 0 saturated heterocycles. The van der Waals surface area contributed by atoms with Crippen LogP contribution in [0.15, 0.2) is 51.5 Å². The highest BCUT2D eigenvalue weighted by Crippen LogP contribution is 2.36. The van der Waals surface area contributed by atoms with Crippen molar-refractivity contribution in [3.05, 3.63) is 51.5 Å². The van der Waals surface area contributed by atoms with Gasteiger partial charge in [0.25, 0.3) is 0 Å². The number of rotatable bonds is 4. The number of nitrogens with zero attached hydrogens (tertiary/aromatic N) is 1. The molecule has 0 spiro atoms. The Hall–Kier alpha value is -2.30. The number of anilines is 1. The van der Waals surface area contributed by atoms with Crippen LogP contribution in [0.3, 0.4) is 0 Å². The zero-order chi connectivity index (χ0) is 16.8. The summed E-state index contributed by atoms with van der Waals surface area (Å²) in [7, 11) is 0. The molecule has 0 amide bonds. The SMILES string of the molecule is CCOC(=O)C1=C(C)N/C(=C(\C#N)C(=S)Nc2ccccc2)S1. The summed E-state index contributed by atoms with van der Waals surface area (Å²) < 4.78 is 5.00. The topological polar surface area (TPSA) is 74.1 Å². The van der Waals surface area contributed by atoms with E-state index in [2.05, 4.69) is 16.7 Å². The van der Waals surface area contributed by atoms with Crippen LogP contribution in [0.2, 0.25) is 0 Å². The zero-order valence-electron chi connectivity index (χ0n) is 12.7. The number of carbonyl (C=O) groups is 1. The fourth-order valence-corrected chi connectivity index (χ4v) is 3.19. The smallest absolute Gasteiger partial charge is 0.346 e. The molecule has 2 N–H and O–H groups in total. The van der Waals surface area contributed by atoms with E-state index in [1.165, 1.54) is 0 Å². The number of thioether (sulfide) groups is 1. The molecule has 0 atom stereocenters. The summed E-state index contributed by atoms with van der Waals surface area (Å²) in [6, 6.07) is 11.4. The van der Waals surface area contributed by atoms with Gasteiger partial charge < -0.3 is 15.4 Å². The van der Waals surface area contributed by atoms with Gasteiger partial charge in [0.2, 0.25) is 0 Å². The summed E-state index contributed by atoms with van der Waals surface area (Å²) >= 11 is 6.47. The van der Waals surface area contributed by atoms with E-state index in [0.717, 1.165) is 17.4 Å². The van der Waals surface area contributed by atoms with Crippen LogP contribution in [0.5, 0.6) is 0 Å². The number of esters is 1. The van der Waals surface area contributed by atoms with E-state index in [4.69, 9.17) is 17.0 Å². The Kier molecular flexibility index (Phi) is 5.79. The van der Waals surface area contributed by atoms with Crippen molar-refractivity contribution in [1.82, 2.24) is 5.32 Å². The maximum atomic E-state index is 11.9. The first-order chi connectivity index (χ1) is 11.1. The normalized spacial score (nSPS) is 15.5.